The average molecular weight is 936 g/mol. The molecule has 8 aromatic rings. The SMILES string of the molecule is O=C(O)C1=C(c2ccsc2)CS[C@H]2[C@H](NC(=O)C(=NOC(c3ccccc3)(c3ccccc3)c3ccccc3)c3csc(NC(c4ccccc4)(c4ccccc4)c4ccccc4)n3)C(=O)N12. The Bertz CT molecular complexity index is 2890. The largest absolute Gasteiger partial charge is 0.477 e. The van der Waals surface area contributed by atoms with Crippen LogP contribution >= 0.6 is 34.4 Å². The molecule has 2 atom stereocenters. The maximum Gasteiger partial charge on any atom is 0.352 e. The molecule has 3 N–H and O–H groups in total. The molecule has 2 aromatic heterocycles. The third kappa shape index (κ3) is 8.00. The van der Waals surface area contributed by atoms with E-state index in [2.05, 4.69) is 47.0 Å². The van der Waals surface area contributed by atoms with Crippen molar-refractivity contribution < 1.29 is 24.3 Å². The number of carboxylic acid groups (broad SMARTS) is 1. The first kappa shape index (κ1) is 43.3. The number of aliphatic carboxylic acids is 1. The minimum absolute atomic E-state index is 0.0813. The van der Waals surface area contributed by atoms with E-state index >= 15 is 4.79 Å². The van der Waals surface area contributed by atoms with Crippen molar-refractivity contribution in [2.45, 2.75) is 22.6 Å². The summed E-state index contributed by atoms with van der Waals surface area (Å²) in [6.45, 7) is 0. The Labute approximate surface area is 399 Å². The van der Waals surface area contributed by atoms with Crippen LogP contribution in [0.5, 0.6) is 0 Å². The molecule has 2 amide bonds. The number of β-lactam (4-membered cyclic amide) rings is 1. The molecule has 6 aromatic carbocycles. The van der Waals surface area contributed by atoms with E-state index in [0.29, 0.717) is 16.5 Å². The maximum absolute atomic E-state index is 15.0. The summed E-state index contributed by atoms with van der Waals surface area (Å²) in [6.07, 6.45) is 0. The Hall–Kier alpha value is -7.58. The number of hydrogen-bond acceptors (Lipinski definition) is 10. The average Bonchev–Trinajstić information content (AvgIpc) is 4.11. The molecule has 0 saturated carbocycles. The van der Waals surface area contributed by atoms with Gasteiger partial charge in [-0.05, 0) is 39.1 Å². The molecule has 67 heavy (non-hydrogen) atoms. The standard InChI is InChI=1S/C54H41N5O5S3/c60-48(56-46-49(61)59-47(51(62)63)43(34-66-50(46)59)36-31-32-65-33-36)45(58-64-54(40-25-13-4-14-26-40,41-27-15-5-16-28-41)42-29-17-6-18-30-42)44-35-67-52(55-44)57-53(37-19-7-1-8-20-37,38-21-9-2-10-22-38)39-23-11-3-12-24-39/h1-33,35,46,50H,34H2,(H,55,57)(H,56,60)(H,62,63)/t46-,50+/m1/s1. The number of oxime groups is 1. The van der Waals surface area contributed by atoms with E-state index in [9.17, 15) is 14.7 Å². The van der Waals surface area contributed by atoms with Crippen LogP contribution in [0, 0.1) is 0 Å². The van der Waals surface area contributed by atoms with E-state index in [1.165, 1.54) is 39.3 Å². The molecule has 1 saturated heterocycles. The monoisotopic (exact) mass is 935 g/mol. The van der Waals surface area contributed by atoms with Gasteiger partial charge in [-0.15, -0.1) is 23.1 Å². The molecular formula is C54H41N5O5S3. The van der Waals surface area contributed by atoms with Gasteiger partial charge >= 0.3 is 5.97 Å². The number of carbonyl (C=O) groups excluding carboxylic acids is 2. The van der Waals surface area contributed by atoms with Gasteiger partial charge in [0.05, 0.1) is 0 Å². The first-order chi connectivity index (χ1) is 32.9. The summed E-state index contributed by atoms with van der Waals surface area (Å²) in [7, 11) is 0. The summed E-state index contributed by atoms with van der Waals surface area (Å²) >= 11 is 4.14. The smallest absolute Gasteiger partial charge is 0.352 e. The summed E-state index contributed by atoms with van der Waals surface area (Å²) in [4.78, 5) is 55.1. The molecule has 0 bridgehead atoms. The number of fused-ring (bicyclic) bond motifs is 1. The molecule has 1 fully saturated rings. The van der Waals surface area contributed by atoms with Gasteiger partial charge in [-0.3, -0.25) is 14.5 Å². The number of thiophene rings is 1. The Balaban J connectivity index is 1.08. The fourth-order valence-corrected chi connectivity index (χ4v) is 11.7. The second kappa shape index (κ2) is 18.7. The Morgan fingerprint density at radius 1 is 0.672 bits per heavy atom. The lowest BCUT2D eigenvalue weighted by Gasteiger charge is -2.49. The Morgan fingerprint density at radius 2 is 1.15 bits per heavy atom. The number of thiazole rings is 1. The van der Waals surface area contributed by atoms with E-state index < -0.39 is 40.3 Å². The van der Waals surface area contributed by atoms with Crippen molar-refractivity contribution in [2.24, 2.45) is 5.16 Å². The lowest BCUT2D eigenvalue weighted by molar-refractivity contribution is -0.149. The van der Waals surface area contributed by atoms with Crippen LogP contribution in [0.4, 0.5) is 5.13 Å². The van der Waals surface area contributed by atoms with Crippen molar-refractivity contribution in [1.29, 1.82) is 0 Å². The van der Waals surface area contributed by atoms with Crippen LogP contribution in [0.25, 0.3) is 5.57 Å². The molecule has 0 radical (unpaired) electrons. The van der Waals surface area contributed by atoms with Crippen molar-refractivity contribution in [1.82, 2.24) is 15.2 Å². The van der Waals surface area contributed by atoms with E-state index in [1.807, 2.05) is 162 Å². The second-order valence-electron chi connectivity index (χ2n) is 15.8. The maximum atomic E-state index is 15.0. The van der Waals surface area contributed by atoms with E-state index in [-0.39, 0.29) is 17.1 Å². The van der Waals surface area contributed by atoms with Gasteiger partial charge in [0.25, 0.3) is 11.8 Å². The van der Waals surface area contributed by atoms with Crippen molar-refractivity contribution in [2.75, 3.05) is 11.1 Å². The normalized spacial score (nSPS) is 16.1. The molecule has 0 unspecified atom stereocenters. The second-order valence-corrected chi connectivity index (χ2v) is 18.6. The highest BCUT2D eigenvalue weighted by Crippen LogP contribution is 2.45. The van der Waals surface area contributed by atoms with Crippen LogP contribution in [-0.4, -0.2) is 55.7 Å². The van der Waals surface area contributed by atoms with Crippen LogP contribution in [0.2, 0.25) is 0 Å². The van der Waals surface area contributed by atoms with Crippen molar-refractivity contribution in [3.63, 3.8) is 0 Å². The number of carbonyl (C=O) groups is 3. The molecule has 0 aliphatic carbocycles. The molecule has 10 nitrogen and oxygen atoms in total. The van der Waals surface area contributed by atoms with Gasteiger partial charge in [-0.25, -0.2) is 9.78 Å². The number of benzene rings is 6. The number of rotatable bonds is 15. The molecule has 13 heteroatoms. The molecule has 2 aliphatic rings. The van der Waals surface area contributed by atoms with Crippen LogP contribution in [0.1, 0.15) is 44.6 Å². The van der Waals surface area contributed by atoms with Gasteiger partial charge in [0.15, 0.2) is 10.8 Å². The summed E-state index contributed by atoms with van der Waals surface area (Å²) in [5.74, 6) is -2.13. The predicted octanol–water partition coefficient (Wildman–Crippen LogP) is 10.2. The zero-order valence-corrected chi connectivity index (χ0v) is 38.1. The summed E-state index contributed by atoms with van der Waals surface area (Å²) in [6, 6.07) is 60.2. The zero-order valence-electron chi connectivity index (χ0n) is 35.6. The van der Waals surface area contributed by atoms with Gasteiger partial charge in [-0.1, -0.05) is 187 Å². The first-order valence-corrected chi connectivity index (χ1v) is 24.3. The van der Waals surface area contributed by atoms with Crippen molar-refractivity contribution in [3.05, 3.63) is 255 Å². The Morgan fingerprint density at radius 3 is 1.60 bits per heavy atom. The lowest BCUT2D eigenvalue weighted by Crippen LogP contribution is -2.71. The lowest BCUT2D eigenvalue weighted by atomic mass is 9.77. The highest BCUT2D eigenvalue weighted by atomic mass is 32.2. The highest BCUT2D eigenvalue weighted by Gasteiger charge is 2.55. The number of nitrogens with zero attached hydrogens (tertiary/aromatic N) is 3. The number of nitrogens with one attached hydrogen (secondary N) is 2. The minimum Gasteiger partial charge on any atom is -0.477 e. The van der Waals surface area contributed by atoms with Gasteiger partial charge in [0.1, 0.15) is 28.3 Å². The van der Waals surface area contributed by atoms with Crippen molar-refractivity contribution in [3.8, 4) is 0 Å². The summed E-state index contributed by atoms with van der Waals surface area (Å²) in [5, 5.41) is 27.2. The topological polar surface area (TPSA) is 133 Å². The van der Waals surface area contributed by atoms with Gasteiger partial charge in [-0.2, -0.15) is 11.3 Å². The quantitative estimate of drug-likeness (QED) is 0.0401. The van der Waals surface area contributed by atoms with E-state index in [1.54, 1.807) is 5.38 Å². The summed E-state index contributed by atoms with van der Waals surface area (Å²) < 4.78 is 0. The molecule has 330 valence electrons. The molecule has 4 heterocycles. The molecule has 2 aliphatic heterocycles. The van der Waals surface area contributed by atoms with Crippen LogP contribution in [0.3, 0.4) is 0 Å². The van der Waals surface area contributed by atoms with E-state index in [0.717, 1.165) is 38.9 Å². The van der Waals surface area contributed by atoms with Crippen LogP contribution in [0.15, 0.2) is 215 Å². The number of carboxylic acids is 1. The Kier molecular flexibility index (Phi) is 12.1. The highest BCUT2D eigenvalue weighted by molar-refractivity contribution is 8.00. The fraction of sp³-hybridized carbons (Fsp3) is 0.0926. The van der Waals surface area contributed by atoms with Crippen LogP contribution in [-0.2, 0) is 30.4 Å². The number of anilines is 1. The zero-order chi connectivity index (χ0) is 45.8. The number of amides is 2. The first-order valence-electron chi connectivity index (χ1n) is 21.5. The molecule has 0 spiro atoms. The third-order valence-corrected chi connectivity index (χ3v) is 14.7. The number of aromatic nitrogens is 1. The number of hydrogen-bond donors (Lipinski definition) is 3. The fourth-order valence-electron chi connectivity index (χ4n) is 8.86. The van der Waals surface area contributed by atoms with Crippen molar-refractivity contribution >= 4 is 68.6 Å². The van der Waals surface area contributed by atoms with Gasteiger partial charge in [0.2, 0.25) is 5.60 Å². The predicted molar refractivity (Wildman–Crippen MR) is 266 cm³/mol. The molecular weight excluding hydrogens is 895 g/mol. The van der Waals surface area contributed by atoms with E-state index in [4.69, 9.17) is 15.0 Å². The van der Waals surface area contributed by atoms with Gasteiger partial charge < -0.3 is 20.6 Å². The number of thioether (sulfide) groups is 1. The minimum atomic E-state index is -1.35. The third-order valence-electron chi connectivity index (χ3n) is 12.0. The molecule has 10 rings (SSSR count). The van der Waals surface area contributed by atoms with Crippen LogP contribution < -0.4 is 10.6 Å². The summed E-state index contributed by atoms with van der Waals surface area (Å²) in [5.41, 5.74) is 4.14. The van der Waals surface area contributed by atoms with Gasteiger partial charge in [0, 0.05) is 33.4 Å².